The molecule has 5 fully saturated rings. The Kier molecular flexibility index (Phi) is 5.96. The van der Waals surface area contributed by atoms with E-state index in [0.29, 0.717) is 46.5 Å². The zero-order chi connectivity index (χ0) is 25.6. The average Bonchev–Trinajstić information content (AvgIpc) is 3.16. The van der Waals surface area contributed by atoms with E-state index in [0.717, 1.165) is 12.3 Å². The highest BCUT2D eigenvalue weighted by atomic mass is 16.5. The molecular weight excluding hydrogens is 432 g/mol. The topological polar surface area (TPSA) is 46.5 Å². The van der Waals surface area contributed by atoms with Gasteiger partial charge in [-0.1, -0.05) is 46.8 Å². The van der Waals surface area contributed by atoms with Crippen LogP contribution in [-0.2, 0) is 9.53 Å². The molecule has 10 atom stereocenters. The van der Waals surface area contributed by atoms with Gasteiger partial charge in [0.05, 0.1) is 0 Å². The van der Waals surface area contributed by atoms with E-state index in [1.807, 2.05) is 0 Å². The molecule has 0 amide bonds. The van der Waals surface area contributed by atoms with E-state index >= 15 is 0 Å². The van der Waals surface area contributed by atoms with Crippen LogP contribution in [0, 0.1) is 56.7 Å². The maximum absolute atomic E-state index is 11.9. The molecule has 5 rings (SSSR count). The number of allylic oxidation sites excluding steroid dienone is 1. The third kappa shape index (κ3) is 3.28. The lowest BCUT2D eigenvalue weighted by atomic mass is 9.32. The molecule has 0 aromatic carbocycles. The number of hydrogen-bond acceptors (Lipinski definition) is 3. The highest BCUT2D eigenvalue weighted by Crippen LogP contribution is 2.77. The Balaban J connectivity index is 1.51. The quantitative estimate of drug-likeness (QED) is 0.332. The summed E-state index contributed by atoms with van der Waals surface area (Å²) in [4.78, 5) is 11.9. The van der Waals surface area contributed by atoms with Gasteiger partial charge in [0.2, 0.25) is 0 Å². The number of fused-ring (bicyclic) bond motifs is 7. The number of rotatable bonds is 3. The van der Waals surface area contributed by atoms with Crippen LogP contribution >= 0.6 is 0 Å². The largest absolute Gasteiger partial charge is 0.462 e. The molecule has 0 aliphatic heterocycles. The minimum atomic E-state index is -0.126. The van der Waals surface area contributed by atoms with Crippen LogP contribution in [0.3, 0.4) is 0 Å². The Hall–Kier alpha value is -0.830. The van der Waals surface area contributed by atoms with E-state index in [1.54, 1.807) is 6.92 Å². The molecule has 0 bridgehead atoms. The van der Waals surface area contributed by atoms with Crippen LogP contribution in [0.4, 0.5) is 0 Å². The van der Waals surface area contributed by atoms with Crippen LogP contribution in [0.25, 0.3) is 0 Å². The molecule has 0 spiro atoms. The molecule has 0 aromatic heterocycles. The van der Waals surface area contributed by atoms with E-state index in [1.165, 1.54) is 63.4 Å². The Morgan fingerprint density at radius 2 is 1.57 bits per heavy atom. The van der Waals surface area contributed by atoms with Crippen molar-refractivity contribution in [3.8, 4) is 0 Å². The van der Waals surface area contributed by atoms with Crippen molar-refractivity contribution in [3.63, 3.8) is 0 Å². The summed E-state index contributed by atoms with van der Waals surface area (Å²) in [5, 5.41) is 10.7. The van der Waals surface area contributed by atoms with Crippen LogP contribution in [0.5, 0.6) is 0 Å². The molecule has 0 unspecified atom stereocenters. The monoisotopic (exact) mass is 484 g/mol. The van der Waals surface area contributed by atoms with Gasteiger partial charge in [-0.2, -0.15) is 0 Å². The molecule has 5 aliphatic carbocycles. The van der Waals surface area contributed by atoms with Gasteiger partial charge in [0.25, 0.3) is 0 Å². The fraction of sp³-hybridized carbons (Fsp3) is 0.906. The number of hydrogen-bond donors (Lipinski definition) is 1. The number of ether oxygens (including phenoxy) is 1. The third-order valence-corrected chi connectivity index (χ3v) is 13.8. The minimum Gasteiger partial charge on any atom is -0.462 e. The normalized spacial score (nSPS) is 52.5. The fourth-order valence-corrected chi connectivity index (χ4v) is 11.9. The highest BCUT2D eigenvalue weighted by molar-refractivity contribution is 5.66. The molecule has 3 heteroatoms. The Labute approximate surface area is 214 Å². The van der Waals surface area contributed by atoms with Gasteiger partial charge in [-0.05, 0) is 122 Å². The predicted octanol–water partition coefficient (Wildman–Crippen LogP) is 7.57. The summed E-state index contributed by atoms with van der Waals surface area (Å²) in [6.07, 6.45) is 12.2. The molecule has 0 radical (unpaired) electrons. The second-order valence-corrected chi connectivity index (χ2v) is 15.2. The first-order chi connectivity index (χ1) is 16.3. The zero-order valence-corrected chi connectivity index (χ0v) is 23.7. The highest BCUT2D eigenvalue weighted by Gasteiger charge is 2.71. The fourth-order valence-electron chi connectivity index (χ4n) is 11.9. The summed E-state index contributed by atoms with van der Waals surface area (Å²) >= 11 is 0. The molecule has 35 heavy (non-hydrogen) atoms. The lowest BCUT2D eigenvalue weighted by Gasteiger charge is -2.73. The Morgan fingerprint density at radius 1 is 0.857 bits per heavy atom. The lowest BCUT2D eigenvalue weighted by Crippen LogP contribution is -2.67. The lowest BCUT2D eigenvalue weighted by molar-refractivity contribution is -0.251. The Bertz CT molecular complexity index is 891. The Morgan fingerprint density at radius 3 is 2.20 bits per heavy atom. The summed E-state index contributed by atoms with van der Waals surface area (Å²) < 4.78 is 5.90. The molecule has 5 aliphatic rings. The van der Waals surface area contributed by atoms with Gasteiger partial charge in [-0.3, -0.25) is 4.79 Å². The smallest absolute Gasteiger partial charge is 0.302 e. The van der Waals surface area contributed by atoms with Crippen LogP contribution in [0.2, 0.25) is 0 Å². The summed E-state index contributed by atoms with van der Waals surface area (Å²) in [7, 11) is 0. The third-order valence-electron chi connectivity index (χ3n) is 13.8. The molecule has 0 heterocycles. The van der Waals surface area contributed by atoms with E-state index in [-0.39, 0.29) is 22.9 Å². The van der Waals surface area contributed by atoms with E-state index in [4.69, 9.17) is 4.74 Å². The van der Waals surface area contributed by atoms with Crippen molar-refractivity contribution in [3.05, 3.63) is 12.2 Å². The van der Waals surface area contributed by atoms with Crippen molar-refractivity contribution in [2.75, 3.05) is 6.61 Å². The second-order valence-electron chi connectivity index (χ2n) is 15.2. The van der Waals surface area contributed by atoms with Crippen LogP contribution in [0.15, 0.2) is 12.2 Å². The maximum atomic E-state index is 11.9. The van der Waals surface area contributed by atoms with E-state index in [2.05, 4.69) is 48.1 Å². The summed E-state index contributed by atoms with van der Waals surface area (Å²) in [5.74, 6) is 3.07. The second kappa shape index (κ2) is 8.08. The van der Waals surface area contributed by atoms with Crippen molar-refractivity contribution >= 4 is 5.97 Å². The SMILES string of the molecule is C=C(C)[C@@H]1CC[C@]2(CO)CC[C@]3(C)[C@H](CC[C@H]4[C@]5(C)CC[C@H](OC(C)=O)C(C)(C)[C@@H]5CC[C@]43C)[C@H]12. The standard InChI is InChI=1S/C32H52O3/c1-20(2)22-11-16-32(19-33)18-17-30(7)23(27(22)32)9-10-25-29(6)14-13-26(35-21(3)34)28(4,5)24(29)12-15-31(25,30)8/h22-27,33H,1,9-19H2,2-8H3/t22-,23+,24-,25-,26-,27-,29+,30+,31+,32+/m0/s1. The van der Waals surface area contributed by atoms with Crippen LogP contribution < -0.4 is 0 Å². The first-order valence-electron chi connectivity index (χ1n) is 14.7. The number of aliphatic hydroxyl groups excluding tert-OH is 1. The van der Waals surface area contributed by atoms with Crippen LogP contribution in [0.1, 0.15) is 113 Å². The average molecular weight is 485 g/mol. The van der Waals surface area contributed by atoms with Crippen molar-refractivity contribution in [1.29, 1.82) is 0 Å². The van der Waals surface area contributed by atoms with Crippen molar-refractivity contribution < 1.29 is 14.6 Å². The van der Waals surface area contributed by atoms with Gasteiger partial charge in [0, 0.05) is 18.9 Å². The molecule has 1 N–H and O–H groups in total. The maximum Gasteiger partial charge on any atom is 0.302 e. The zero-order valence-electron chi connectivity index (χ0n) is 23.7. The number of esters is 1. The minimum absolute atomic E-state index is 0.0207. The summed E-state index contributed by atoms with van der Waals surface area (Å²) in [6.45, 7) is 21.3. The molecule has 3 nitrogen and oxygen atoms in total. The van der Waals surface area contributed by atoms with Crippen molar-refractivity contribution in [2.24, 2.45) is 56.7 Å². The van der Waals surface area contributed by atoms with E-state index < -0.39 is 0 Å². The van der Waals surface area contributed by atoms with Gasteiger partial charge in [-0.15, -0.1) is 0 Å². The number of carbonyl (C=O) groups excluding carboxylic acids is 1. The van der Waals surface area contributed by atoms with Crippen LogP contribution in [-0.4, -0.2) is 23.8 Å². The van der Waals surface area contributed by atoms with Crippen molar-refractivity contribution in [2.45, 2.75) is 119 Å². The first-order valence-corrected chi connectivity index (χ1v) is 14.7. The number of carbonyl (C=O) groups is 1. The van der Waals surface area contributed by atoms with Gasteiger partial charge >= 0.3 is 5.97 Å². The first kappa shape index (κ1) is 25.8. The van der Waals surface area contributed by atoms with Crippen molar-refractivity contribution in [1.82, 2.24) is 0 Å². The van der Waals surface area contributed by atoms with Gasteiger partial charge in [0.1, 0.15) is 6.10 Å². The van der Waals surface area contributed by atoms with Gasteiger partial charge in [-0.25, -0.2) is 0 Å². The molecule has 5 saturated carbocycles. The molecule has 0 saturated heterocycles. The molecule has 0 aromatic rings. The van der Waals surface area contributed by atoms with Gasteiger partial charge < -0.3 is 9.84 Å². The summed E-state index contributed by atoms with van der Waals surface area (Å²) in [5.41, 5.74) is 2.45. The summed E-state index contributed by atoms with van der Waals surface area (Å²) in [6, 6.07) is 0. The number of aliphatic hydroxyl groups is 1. The molecule has 198 valence electrons. The predicted molar refractivity (Wildman–Crippen MR) is 142 cm³/mol. The molecular formula is C32H52O3. The van der Waals surface area contributed by atoms with E-state index in [9.17, 15) is 9.90 Å². The van der Waals surface area contributed by atoms with Gasteiger partial charge in [0.15, 0.2) is 0 Å².